The van der Waals surface area contributed by atoms with Crippen LogP contribution in [0.4, 0.5) is 23.0 Å². The van der Waals surface area contributed by atoms with Crippen molar-refractivity contribution >= 4 is 80.5 Å². The summed E-state index contributed by atoms with van der Waals surface area (Å²) in [5, 5.41) is 4.93. The molecule has 0 aliphatic carbocycles. The molecule has 2 aromatic heterocycles. The Hall–Kier alpha value is -5.90. The second kappa shape index (κ2) is 17.5. The van der Waals surface area contributed by atoms with Crippen molar-refractivity contribution in [3.63, 3.8) is 0 Å². The average molecular weight is 888 g/mol. The zero-order valence-electron chi connectivity index (χ0n) is 34.4. The minimum Gasteiger partial charge on any atom is -1.00 e. The van der Waals surface area contributed by atoms with Crippen LogP contribution >= 0.6 is 23.5 Å². The topological polar surface area (TPSA) is 20.7 Å². The van der Waals surface area contributed by atoms with Gasteiger partial charge in [0, 0.05) is 46.8 Å². The molecule has 0 atom stereocenters. The first-order chi connectivity index (χ1) is 29.6. The lowest BCUT2D eigenvalue weighted by atomic mass is 10.1. The van der Waals surface area contributed by atoms with Gasteiger partial charge in [0.15, 0.2) is 0 Å². The van der Waals surface area contributed by atoms with Crippen LogP contribution in [0.25, 0.3) is 45.3 Å². The number of nitrogens with zero attached hydrogens (tertiary/aromatic N) is 6. The summed E-state index contributed by atoms with van der Waals surface area (Å²) in [4.78, 5) is 12.4. The molecule has 0 saturated carbocycles. The maximum atomic E-state index is 2.59. The molecule has 6 aromatic carbocycles. The Morgan fingerprint density at radius 3 is 1.19 bits per heavy atom. The summed E-state index contributed by atoms with van der Waals surface area (Å²) in [6.07, 6.45) is 4.77. The molecule has 8 aromatic rings. The third kappa shape index (κ3) is 7.35. The van der Waals surface area contributed by atoms with Gasteiger partial charge in [-0.3, -0.25) is 9.80 Å². The predicted octanol–water partition coefficient (Wildman–Crippen LogP) is 4.96. The summed E-state index contributed by atoms with van der Waals surface area (Å²) in [5.41, 5.74) is 9.68. The third-order valence-electron chi connectivity index (χ3n) is 12.0. The minimum atomic E-state index is 0. The first kappa shape index (κ1) is 41.5. The number of pyridine rings is 2. The molecule has 308 valence electrons. The Morgan fingerprint density at radius 1 is 0.435 bits per heavy atom. The Morgan fingerprint density at radius 2 is 0.790 bits per heavy atom. The number of hydrogen-bond donors (Lipinski definition) is 0. The summed E-state index contributed by atoms with van der Waals surface area (Å²) < 4.78 is 4.93. The molecule has 3 aliphatic rings. The molecular weight excluding hydrogens is 844 g/mol. The van der Waals surface area contributed by atoms with Crippen LogP contribution in [0.5, 0.6) is 0 Å². The van der Waals surface area contributed by atoms with Crippen LogP contribution in [-0.2, 0) is 0 Å². The molecule has 0 spiro atoms. The Labute approximate surface area is 384 Å². The van der Waals surface area contributed by atoms with Crippen LogP contribution in [0.1, 0.15) is 11.1 Å². The lowest BCUT2D eigenvalue weighted by Crippen LogP contribution is -3.00. The first-order valence-electron chi connectivity index (χ1n) is 20.6. The number of rotatable bonds is 6. The first-order valence-corrected chi connectivity index (χ1v) is 22.2. The van der Waals surface area contributed by atoms with Crippen LogP contribution in [0.2, 0.25) is 0 Å². The maximum absolute atomic E-state index is 2.59. The van der Waals surface area contributed by atoms with Gasteiger partial charge in [-0.15, -0.1) is 0 Å². The van der Waals surface area contributed by atoms with Crippen LogP contribution in [0.15, 0.2) is 190 Å². The van der Waals surface area contributed by atoms with Gasteiger partial charge < -0.3 is 34.6 Å². The van der Waals surface area contributed by atoms with E-state index in [9.17, 15) is 0 Å². The molecule has 0 bridgehead atoms. The van der Waals surface area contributed by atoms with Crippen LogP contribution in [-0.4, -0.2) is 40.3 Å². The van der Waals surface area contributed by atoms with Crippen LogP contribution < -0.4 is 53.5 Å². The second-order valence-corrected chi connectivity index (χ2v) is 17.6. The SMILES string of the molecule is CN1C(=Cc2cc(N3CCN(c4cc(C=C5Sc6ccccc6N5C)c5ccccc5[n+]4-c4ccccc4)CC3)[n+](-c3ccccc3)c3ccccc23)Sc2ccccc21.[Cl-].[Cl-]. The van der Waals surface area contributed by atoms with Gasteiger partial charge in [0.2, 0.25) is 0 Å². The number of para-hydroxylation sites is 6. The Bertz CT molecular complexity index is 2800. The number of fused-ring (bicyclic) bond motifs is 4. The van der Waals surface area contributed by atoms with Gasteiger partial charge in [0.25, 0.3) is 11.6 Å². The van der Waals surface area contributed by atoms with Crippen LogP contribution in [0.3, 0.4) is 0 Å². The largest absolute Gasteiger partial charge is 1.00 e. The number of aromatic nitrogens is 2. The Balaban J connectivity index is 0.00000245. The number of anilines is 4. The van der Waals surface area contributed by atoms with Gasteiger partial charge >= 0.3 is 0 Å². The van der Waals surface area contributed by atoms with Crippen molar-refractivity contribution in [2.75, 3.05) is 59.9 Å². The molecule has 0 radical (unpaired) electrons. The highest BCUT2D eigenvalue weighted by Crippen LogP contribution is 2.47. The van der Waals surface area contributed by atoms with Crippen molar-refractivity contribution in [1.29, 1.82) is 0 Å². The van der Waals surface area contributed by atoms with Gasteiger partial charge in [0.1, 0.15) is 48.6 Å². The molecule has 6 nitrogen and oxygen atoms in total. The van der Waals surface area contributed by atoms with E-state index in [0.29, 0.717) is 0 Å². The van der Waals surface area contributed by atoms with Gasteiger partial charge in [-0.1, -0.05) is 121 Å². The molecule has 10 heteroatoms. The van der Waals surface area contributed by atoms with Crippen molar-refractivity contribution in [1.82, 2.24) is 0 Å². The molecular formula is C52H44Cl2N6S2. The molecule has 0 amide bonds. The van der Waals surface area contributed by atoms with E-state index in [1.54, 1.807) is 0 Å². The monoisotopic (exact) mass is 886 g/mol. The number of halogens is 2. The van der Waals surface area contributed by atoms with Crippen molar-refractivity contribution in [3.8, 4) is 11.4 Å². The highest BCUT2D eigenvalue weighted by molar-refractivity contribution is 8.04. The molecule has 0 unspecified atom stereocenters. The number of hydrogen-bond acceptors (Lipinski definition) is 6. The molecule has 62 heavy (non-hydrogen) atoms. The lowest BCUT2D eigenvalue weighted by molar-refractivity contribution is -0.555. The van der Waals surface area contributed by atoms with Crippen molar-refractivity contribution < 1.29 is 33.9 Å². The molecule has 1 saturated heterocycles. The zero-order valence-corrected chi connectivity index (χ0v) is 37.5. The summed E-state index contributed by atoms with van der Waals surface area (Å²) in [7, 11) is 4.36. The number of thioether (sulfide) groups is 2. The van der Waals surface area contributed by atoms with Crippen molar-refractivity contribution in [3.05, 3.63) is 191 Å². The summed E-state index contributed by atoms with van der Waals surface area (Å²) in [6, 6.07) is 61.7. The molecule has 0 N–H and O–H groups in total. The molecule has 1 fully saturated rings. The van der Waals surface area contributed by atoms with E-state index in [0.717, 1.165) is 37.6 Å². The maximum Gasteiger partial charge on any atom is 0.283 e. The minimum absolute atomic E-state index is 0. The second-order valence-electron chi connectivity index (χ2n) is 15.5. The molecule has 3 aliphatic heterocycles. The fourth-order valence-corrected chi connectivity index (χ4v) is 11.2. The van der Waals surface area contributed by atoms with E-state index >= 15 is 0 Å². The van der Waals surface area contributed by atoms with Crippen LogP contribution in [0, 0.1) is 0 Å². The lowest BCUT2D eigenvalue weighted by Gasteiger charge is -2.30. The van der Waals surface area contributed by atoms with Crippen molar-refractivity contribution in [2.24, 2.45) is 0 Å². The summed E-state index contributed by atoms with van der Waals surface area (Å²) >= 11 is 3.69. The van der Waals surface area contributed by atoms with E-state index in [1.807, 2.05) is 23.5 Å². The van der Waals surface area contributed by atoms with E-state index in [2.05, 4.69) is 225 Å². The normalized spacial score (nSPS) is 15.8. The predicted molar refractivity (Wildman–Crippen MR) is 253 cm³/mol. The van der Waals surface area contributed by atoms with E-state index in [4.69, 9.17) is 0 Å². The standard InChI is InChI=1S/C52H44N6S2.2ClH/c1-53-45-25-13-15-27-47(45)59-51(53)35-37-33-49(57(39-17-5-3-6-18-39)43-23-11-9-21-41(37)43)55-29-31-56(32-30-55)50-34-38(36-52-54(2)46-26-14-16-28-48(46)60-52)42-22-10-12-24-44(42)58(50)40-19-7-4-8-20-40;;/h3-28,33-36H,29-32H2,1-2H3;2*1H/q+2;;/p-2. The fourth-order valence-electron chi connectivity index (χ4n) is 8.96. The average Bonchev–Trinajstić information content (AvgIpc) is 3.80. The molecule has 11 rings (SSSR count). The van der Waals surface area contributed by atoms with E-state index < -0.39 is 0 Å². The van der Waals surface area contributed by atoms with E-state index in [-0.39, 0.29) is 24.8 Å². The number of benzene rings is 6. The quantitative estimate of drug-likeness (QED) is 0.219. The zero-order chi connectivity index (χ0) is 40.2. The van der Waals surface area contributed by atoms with Gasteiger partial charge in [0.05, 0.1) is 21.4 Å². The Kier molecular flexibility index (Phi) is 11.7. The summed E-state index contributed by atoms with van der Waals surface area (Å²) in [5.74, 6) is 2.41. The molecule has 5 heterocycles. The van der Waals surface area contributed by atoms with Gasteiger partial charge in [-0.2, -0.15) is 9.13 Å². The fraction of sp³-hybridized carbons (Fsp3) is 0.115. The van der Waals surface area contributed by atoms with Gasteiger partial charge in [-0.05, 0) is 83.9 Å². The summed E-state index contributed by atoms with van der Waals surface area (Å²) in [6.45, 7) is 3.47. The highest BCUT2D eigenvalue weighted by atomic mass is 35.5. The number of piperazine rings is 1. The van der Waals surface area contributed by atoms with Gasteiger partial charge in [-0.25, -0.2) is 0 Å². The third-order valence-corrected chi connectivity index (χ3v) is 14.3. The highest BCUT2D eigenvalue weighted by Gasteiger charge is 2.35. The van der Waals surface area contributed by atoms with E-state index in [1.165, 1.54) is 75.8 Å². The smallest absolute Gasteiger partial charge is 0.283 e. The van der Waals surface area contributed by atoms with Crippen molar-refractivity contribution in [2.45, 2.75) is 9.79 Å².